The first-order valence-electron chi connectivity index (χ1n) is 6.13. The van der Waals surface area contributed by atoms with Crippen LogP contribution in [0.5, 0.6) is 0 Å². The van der Waals surface area contributed by atoms with Crippen LogP contribution in [-0.4, -0.2) is 16.1 Å². The number of nitrogens with zero attached hydrogens (tertiary/aromatic N) is 2. The number of carbonyl (C=O) groups is 1. The van der Waals surface area contributed by atoms with Crippen LogP contribution in [0.15, 0.2) is 46.5 Å². The lowest BCUT2D eigenvalue weighted by Crippen LogP contribution is -2.12. The number of amides is 1. The number of primary amides is 1. The van der Waals surface area contributed by atoms with Gasteiger partial charge in [0.25, 0.3) is 5.91 Å². The Bertz CT molecular complexity index is 896. The molecular weight excluding hydrogens is 268 g/mol. The lowest BCUT2D eigenvalue weighted by molar-refractivity contribution is -0.114. The van der Waals surface area contributed by atoms with Crippen molar-refractivity contribution < 1.29 is 9.21 Å². The Morgan fingerprint density at radius 2 is 2.24 bits per heavy atom. The molecule has 6 nitrogen and oxygen atoms in total. The summed E-state index contributed by atoms with van der Waals surface area (Å²) in [5.74, 6) is 0.225. The third-order valence-corrected chi connectivity index (χ3v) is 3.05. The molecule has 0 saturated carbocycles. The summed E-state index contributed by atoms with van der Waals surface area (Å²) in [6.45, 7) is 0. The highest BCUT2D eigenvalue weighted by molar-refractivity contribution is 6.00. The van der Waals surface area contributed by atoms with E-state index >= 15 is 0 Å². The van der Waals surface area contributed by atoms with Crippen molar-refractivity contribution >= 4 is 22.9 Å². The number of hydrogen-bond donors (Lipinski definition) is 2. The van der Waals surface area contributed by atoms with Gasteiger partial charge in [-0.05, 0) is 18.2 Å². The summed E-state index contributed by atoms with van der Waals surface area (Å²) in [4.78, 5) is 11.0. The second-order valence-electron chi connectivity index (χ2n) is 4.37. The van der Waals surface area contributed by atoms with Crippen molar-refractivity contribution in [3.63, 3.8) is 0 Å². The number of nitriles is 1. The van der Waals surface area contributed by atoms with Gasteiger partial charge in [0.15, 0.2) is 0 Å². The van der Waals surface area contributed by atoms with Crippen LogP contribution in [0.1, 0.15) is 5.76 Å². The van der Waals surface area contributed by atoms with E-state index in [0.29, 0.717) is 11.5 Å². The van der Waals surface area contributed by atoms with Gasteiger partial charge in [-0.3, -0.25) is 9.89 Å². The van der Waals surface area contributed by atoms with Crippen molar-refractivity contribution in [2.24, 2.45) is 5.73 Å². The molecule has 2 heterocycles. The van der Waals surface area contributed by atoms with Gasteiger partial charge >= 0.3 is 0 Å². The predicted octanol–water partition coefficient (Wildman–Crippen LogP) is 2.22. The molecule has 102 valence electrons. The summed E-state index contributed by atoms with van der Waals surface area (Å²) >= 11 is 0. The maximum absolute atomic E-state index is 11.0. The average molecular weight is 278 g/mol. The third kappa shape index (κ3) is 2.28. The molecule has 0 aliphatic rings. The van der Waals surface area contributed by atoms with E-state index < -0.39 is 5.91 Å². The molecule has 0 saturated heterocycles. The SMILES string of the molecule is N#C/C(=C\c1ccc(-c2cccc3[nH]ncc23)o1)C(N)=O. The molecule has 0 radical (unpaired) electrons. The molecule has 2 aromatic heterocycles. The number of rotatable bonds is 3. The number of carbonyl (C=O) groups excluding carboxylic acids is 1. The zero-order valence-electron chi connectivity index (χ0n) is 10.8. The van der Waals surface area contributed by atoms with E-state index in [9.17, 15) is 4.79 Å². The summed E-state index contributed by atoms with van der Waals surface area (Å²) < 4.78 is 5.65. The summed E-state index contributed by atoms with van der Waals surface area (Å²) in [7, 11) is 0. The van der Waals surface area contributed by atoms with Gasteiger partial charge in [0.1, 0.15) is 23.2 Å². The molecule has 0 bridgehead atoms. The highest BCUT2D eigenvalue weighted by Gasteiger charge is 2.10. The predicted molar refractivity (Wildman–Crippen MR) is 76.6 cm³/mol. The van der Waals surface area contributed by atoms with E-state index in [0.717, 1.165) is 16.5 Å². The third-order valence-electron chi connectivity index (χ3n) is 3.05. The van der Waals surface area contributed by atoms with Crippen LogP contribution >= 0.6 is 0 Å². The van der Waals surface area contributed by atoms with Crippen LogP contribution in [-0.2, 0) is 4.79 Å². The van der Waals surface area contributed by atoms with Crippen LogP contribution in [0.2, 0.25) is 0 Å². The van der Waals surface area contributed by atoms with Crippen LogP contribution in [0.4, 0.5) is 0 Å². The maximum Gasteiger partial charge on any atom is 0.259 e. The zero-order valence-corrected chi connectivity index (χ0v) is 10.8. The minimum absolute atomic E-state index is 0.155. The number of hydrogen-bond acceptors (Lipinski definition) is 4. The van der Waals surface area contributed by atoms with Crippen LogP contribution in [0.25, 0.3) is 28.3 Å². The van der Waals surface area contributed by atoms with Gasteiger partial charge in [-0.2, -0.15) is 10.4 Å². The summed E-state index contributed by atoms with van der Waals surface area (Å²) in [6, 6.07) is 10.9. The molecule has 0 atom stereocenters. The van der Waals surface area contributed by atoms with Gasteiger partial charge in [-0.1, -0.05) is 12.1 Å². The van der Waals surface area contributed by atoms with Crippen molar-refractivity contribution in [3.8, 4) is 17.4 Å². The number of aromatic amines is 1. The first kappa shape index (κ1) is 12.7. The van der Waals surface area contributed by atoms with Crippen LogP contribution in [0.3, 0.4) is 0 Å². The maximum atomic E-state index is 11.0. The number of furan rings is 1. The normalized spacial score (nSPS) is 11.5. The Labute approximate surface area is 119 Å². The second-order valence-corrected chi connectivity index (χ2v) is 4.37. The fourth-order valence-electron chi connectivity index (χ4n) is 2.06. The Morgan fingerprint density at radius 3 is 3.00 bits per heavy atom. The Kier molecular flexibility index (Phi) is 3.01. The molecule has 3 N–H and O–H groups in total. The number of H-pyrrole nitrogens is 1. The monoisotopic (exact) mass is 278 g/mol. The smallest absolute Gasteiger partial charge is 0.259 e. The molecule has 0 fully saturated rings. The van der Waals surface area contributed by atoms with Crippen LogP contribution < -0.4 is 5.73 Å². The quantitative estimate of drug-likeness (QED) is 0.565. The Hall–Kier alpha value is -3.33. The van der Waals surface area contributed by atoms with Crippen molar-refractivity contribution in [2.45, 2.75) is 0 Å². The lowest BCUT2D eigenvalue weighted by Gasteiger charge is -1.98. The Balaban J connectivity index is 2.05. The van der Waals surface area contributed by atoms with Gasteiger partial charge in [0, 0.05) is 17.0 Å². The second kappa shape index (κ2) is 4.98. The summed E-state index contributed by atoms with van der Waals surface area (Å²) in [5.41, 5.74) is 6.71. The number of aromatic nitrogens is 2. The molecule has 21 heavy (non-hydrogen) atoms. The number of fused-ring (bicyclic) bond motifs is 1. The van der Waals surface area contributed by atoms with Gasteiger partial charge in [0.2, 0.25) is 0 Å². The highest BCUT2D eigenvalue weighted by atomic mass is 16.3. The summed E-state index contributed by atoms with van der Waals surface area (Å²) in [5, 5.41) is 16.6. The van der Waals surface area contributed by atoms with Crippen molar-refractivity contribution in [1.29, 1.82) is 5.26 Å². The van der Waals surface area contributed by atoms with E-state index in [1.165, 1.54) is 6.08 Å². The van der Waals surface area contributed by atoms with Gasteiger partial charge in [0.05, 0.1) is 11.7 Å². The molecule has 3 aromatic rings. The van der Waals surface area contributed by atoms with Crippen LogP contribution in [0, 0.1) is 11.3 Å². The standard InChI is InChI=1S/C15H10N4O2/c16-7-9(15(17)20)6-10-4-5-14(21-10)11-2-1-3-13-12(11)8-18-19-13/h1-6,8H,(H2,17,20)(H,18,19)/b9-6+. The van der Waals surface area contributed by atoms with E-state index in [2.05, 4.69) is 10.2 Å². The zero-order chi connectivity index (χ0) is 14.8. The molecule has 6 heteroatoms. The average Bonchev–Trinajstić information content (AvgIpc) is 3.12. The largest absolute Gasteiger partial charge is 0.457 e. The molecule has 0 spiro atoms. The fraction of sp³-hybridized carbons (Fsp3) is 0. The summed E-state index contributed by atoms with van der Waals surface area (Å²) in [6.07, 6.45) is 3.04. The lowest BCUT2D eigenvalue weighted by atomic mass is 10.1. The minimum Gasteiger partial charge on any atom is -0.457 e. The number of nitrogens with two attached hydrogens (primary N) is 1. The highest BCUT2D eigenvalue weighted by Crippen LogP contribution is 2.29. The van der Waals surface area contributed by atoms with Crippen molar-refractivity contribution in [3.05, 3.63) is 47.9 Å². The van der Waals surface area contributed by atoms with E-state index in [4.69, 9.17) is 15.4 Å². The molecule has 1 aromatic carbocycles. The molecular formula is C15H10N4O2. The fourth-order valence-corrected chi connectivity index (χ4v) is 2.06. The Morgan fingerprint density at radius 1 is 1.38 bits per heavy atom. The molecule has 0 aliphatic heterocycles. The first-order valence-corrected chi connectivity index (χ1v) is 6.13. The van der Waals surface area contributed by atoms with Crippen molar-refractivity contribution in [1.82, 2.24) is 10.2 Å². The van der Waals surface area contributed by atoms with Gasteiger partial charge in [-0.15, -0.1) is 0 Å². The van der Waals surface area contributed by atoms with E-state index in [-0.39, 0.29) is 5.57 Å². The number of benzene rings is 1. The molecule has 0 aliphatic carbocycles. The molecule has 1 amide bonds. The topological polar surface area (TPSA) is 109 Å². The molecule has 0 unspecified atom stereocenters. The van der Waals surface area contributed by atoms with Gasteiger partial charge in [-0.25, -0.2) is 0 Å². The van der Waals surface area contributed by atoms with Gasteiger partial charge < -0.3 is 10.2 Å². The molecule has 3 rings (SSSR count). The van der Waals surface area contributed by atoms with E-state index in [1.54, 1.807) is 24.4 Å². The van der Waals surface area contributed by atoms with Crippen molar-refractivity contribution in [2.75, 3.05) is 0 Å². The first-order chi connectivity index (χ1) is 10.2. The van der Waals surface area contributed by atoms with E-state index in [1.807, 2.05) is 18.2 Å². The number of nitrogens with one attached hydrogen (secondary N) is 1. The minimum atomic E-state index is -0.785.